The van der Waals surface area contributed by atoms with Crippen LogP contribution >= 0.6 is 12.6 Å². The number of thiol groups is 1. The van der Waals surface area contributed by atoms with Crippen molar-refractivity contribution in [3.8, 4) is 0 Å². The molecule has 0 aliphatic heterocycles. The van der Waals surface area contributed by atoms with Crippen molar-refractivity contribution in [3.05, 3.63) is 0 Å². The third kappa shape index (κ3) is 31.2. The summed E-state index contributed by atoms with van der Waals surface area (Å²) in [7, 11) is 0. The summed E-state index contributed by atoms with van der Waals surface area (Å²) in [6.07, 6.45) is 0.452. The number of aliphatic imine (C=N–C) groups is 3. The summed E-state index contributed by atoms with van der Waals surface area (Å²) in [4.78, 5) is 156. The Morgan fingerprint density at radius 1 is 0.421 bits per heavy atom. The fraction of sp³-hybridized carbons (Fsp3) is 0.682. The number of hydrogen-bond acceptors (Lipinski definition) is 15. The molecule has 0 fully saturated rings. The lowest BCUT2D eigenvalue weighted by atomic mass is 10.0. The maximum Gasteiger partial charge on any atom is 0.245 e. The molecule has 0 saturated heterocycles. The van der Waals surface area contributed by atoms with E-state index in [1.165, 1.54) is 34.6 Å². The van der Waals surface area contributed by atoms with Crippen LogP contribution in [0.2, 0.25) is 0 Å². The Morgan fingerprint density at radius 3 is 1.22 bits per heavy atom. The molecule has 32 heteroatoms. The van der Waals surface area contributed by atoms with Crippen LogP contribution in [0, 0.1) is 5.92 Å². The fourth-order valence-corrected chi connectivity index (χ4v) is 6.73. The van der Waals surface area contributed by atoms with E-state index < -0.39 is 126 Å². The highest BCUT2D eigenvalue weighted by Crippen LogP contribution is 2.09. The Kier molecular flexibility index (Phi) is 33.4. The number of hydrogen-bond donors (Lipinski definition) is 18. The van der Waals surface area contributed by atoms with E-state index in [4.69, 9.17) is 34.4 Å². The minimum atomic E-state index is -1.42. The second-order valence-electron chi connectivity index (χ2n) is 17.9. The van der Waals surface area contributed by atoms with Gasteiger partial charge in [0.2, 0.25) is 65.0 Å². The molecule has 0 aliphatic rings. The Balaban J connectivity index is 6.30. The molecule has 0 aliphatic carbocycles. The van der Waals surface area contributed by atoms with Crippen LogP contribution < -0.4 is 92.9 Å². The van der Waals surface area contributed by atoms with Crippen molar-refractivity contribution in [1.29, 1.82) is 0 Å². The number of guanidine groups is 3. The average molecular weight is 1100 g/mol. The molecule has 0 aromatic carbocycles. The van der Waals surface area contributed by atoms with E-state index in [-0.39, 0.29) is 94.9 Å². The van der Waals surface area contributed by atoms with Crippen LogP contribution in [0.3, 0.4) is 0 Å². The van der Waals surface area contributed by atoms with Gasteiger partial charge in [-0.25, -0.2) is 0 Å². The molecule has 430 valence electrons. The quantitative estimate of drug-likeness (QED) is 0.0120. The lowest BCUT2D eigenvalue weighted by Gasteiger charge is -2.27. The van der Waals surface area contributed by atoms with Crippen LogP contribution in [-0.2, 0) is 52.7 Å². The zero-order valence-corrected chi connectivity index (χ0v) is 45.2. The maximum absolute atomic E-state index is 14.0. The fourth-order valence-electron chi connectivity index (χ4n) is 6.62. The first-order valence-electron chi connectivity index (χ1n) is 24.5. The number of amides is 11. The summed E-state index contributed by atoms with van der Waals surface area (Å²) in [6.45, 7) is 9.39. The van der Waals surface area contributed by atoms with E-state index in [1.807, 2.05) is 0 Å². The van der Waals surface area contributed by atoms with Gasteiger partial charge in [-0.1, -0.05) is 13.8 Å². The zero-order valence-electron chi connectivity index (χ0n) is 44.3. The van der Waals surface area contributed by atoms with Crippen LogP contribution in [0.15, 0.2) is 15.0 Å². The van der Waals surface area contributed by atoms with Crippen molar-refractivity contribution in [2.24, 2.45) is 55.3 Å². The molecule has 31 nitrogen and oxygen atoms in total. The Morgan fingerprint density at radius 2 is 0.803 bits per heavy atom. The molecule has 0 bridgehead atoms. The largest absolute Gasteiger partial charge is 0.370 e. The number of rotatable bonds is 36. The molecule has 8 atom stereocenters. The number of carbonyl (C=O) groups is 11. The lowest BCUT2D eigenvalue weighted by Crippen LogP contribution is -2.60. The monoisotopic (exact) mass is 1100 g/mol. The van der Waals surface area contributed by atoms with Crippen LogP contribution in [-0.4, -0.2) is 176 Å². The van der Waals surface area contributed by atoms with Crippen LogP contribution in [0.1, 0.15) is 93.4 Å². The van der Waals surface area contributed by atoms with Gasteiger partial charge in [0.1, 0.15) is 48.3 Å². The highest BCUT2D eigenvalue weighted by molar-refractivity contribution is 7.80. The van der Waals surface area contributed by atoms with Gasteiger partial charge >= 0.3 is 0 Å². The van der Waals surface area contributed by atoms with Crippen molar-refractivity contribution >= 4 is 95.5 Å². The van der Waals surface area contributed by atoms with E-state index in [0.717, 1.165) is 0 Å². The van der Waals surface area contributed by atoms with Gasteiger partial charge in [-0.05, 0) is 71.6 Å². The smallest absolute Gasteiger partial charge is 0.245 e. The van der Waals surface area contributed by atoms with E-state index in [2.05, 4.69) is 86.1 Å². The van der Waals surface area contributed by atoms with E-state index >= 15 is 0 Å². The summed E-state index contributed by atoms with van der Waals surface area (Å²) in [6, 6.07) is -10.00. The zero-order chi connectivity index (χ0) is 58.1. The van der Waals surface area contributed by atoms with E-state index in [1.54, 1.807) is 13.8 Å². The number of nitrogens with one attached hydrogen (secondary N) is 11. The molecule has 0 rings (SSSR count). The SMILES string of the molecule is CC(=O)NC[C@H](NC(=O)[C@H](CCCN=C(N)N)NC(=O)[C@H](CC(C)C)NC(=O)[C@H](C)NC(=O)CNC(=O)[C@H](CCCN=C(N)N)NC(=O)[C@H](CCCN=C(N)N)NC(=O)[C@H](C)NC(C)=O)C(=O)N[C@@H](C)C(=O)NCCS. The summed E-state index contributed by atoms with van der Waals surface area (Å²) in [5.41, 5.74) is 32.6. The maximum atomic E-state index is 14.0. The molecule has 0 saturated carbocycles. The highest BCUT2D eigenvalue weighted by Gasteiger charge is 2.33. The minimum absolute atomic E-state index is 0.00416. The van der Waals surface area contributed by atoms with Gasteiger partial charge in [0, 0.05) is 52.3 Å². The van der Waals surface area contributed by atoms with Gasteiger partial charge in [-0.15, -0.1) is 0 Å². The molecule has 0 spiro atoms. The second kappa shape index (κ2) is 37.1. The number of carbonyl (C=O) groups excluding carboxylic acids is 11. The van der Waals surface area contributed by atoms with Gasteiger partial charge in [0.15, 0.2) is 17.9 Å². The summed E-state index contributed by atoms with van der Waals surface area (Å²) >= 11 is 4.04. The Bertz CT molecular complexity index is 2060. The molecular formula is C44H82N20O11S. The molecule has 0 aromatic rings. The van der Waals surface area contributed by atoms with Crippen molar-refractivity contribution < 1.29 is 52.7 Å². The molecule has 76 heavy (non-hydrogen) atoms. The second-order valence-corrected chi connectivity index (χ2v) is 18.3. The average Bonchev–Trinajstić information content (AvgIpc) is 3.32. The minimum Gasteiger partial charge on any atom is -0.370 e. The van der Waals surface area contributed by atoms with Gasteiger partial charge in [0.25, 0.3) is 0 Å². The van der Waals surface area contributed by atoms with Crippen LogP contribution in [0.25, 0.3) is 0 Å². The van der Waals surface area contributed by atoms with Gasteiger partial charge in [-0.3, -0.25) is 67.7 Å². The first-order chi connectivity index (χ1) is 35.6. The van der Waals surface area contributed by atoms with Gasteiger partial charge in [0.05, 0.1) is 6.54 Å². The van der Waals surface area contributed by atoms with Gasteiger partial charge in [-0.2, -0.15) is 12.6 Å². The molecule has 0 aromatic heterocycles. The summed E-state index contributed by atoms with van der Waals surface area (Å²) in [5.74, 6) is -8.62. The molecular weight excluding hydrogens is 1020 g/mol. The molecule has 0 heterocycles. The van der Waals surface area contributed by atoms with Crippen molar-refractivity contribution in [2.75, 3.05) is 45.0 Å². The Hall–Kier alpha value is -7.67. The molecule has 0 unspecified atom stereocenters. The van der Waals surface area contributed by atoms with E-state index in [9.17, 15) is 52.7 Å². The van der Waals surface area contributed by atoms with Crippen molar-refractivity contribution in [2.45, 2.75) is 142 Å². The highest BCUT2D eigenvalue weighted by atomic mass is 32.1. The predicted octanol–water partition coefficient (Wildman–Crippen LogP) is -7.55. The third-order valence-electron chi connectivity index (χ3n) is 10.4. The van der Waals surface area contributed by atoms with Gasteiger partial charge < -0.3 is 92.9 Å². The van der Waals surface area contributed by atoms with Crippen LogP contribution in [0.4, 0.5) is 0 Å². The molecule has 11 amide bonds. The summed E-state index contributed by atoms with van der Waals surface area (Å²) < 4.78 is 0. The molecule has 0 radical (unpaired) electrons. The Labute approximate surface area is 447 Å². The predicted molar refractivity (Wildman–Crippen MR) is 286 cm³/mol. The third-order valence-corrected chi connectivity index (χ3v) is 10.7. The normalized spacial score (nSPS) is 13.8. The number of nitrogens with two attached hydrogens (primary N) is 6. The van der Waals surface area contributed by atoms with Crippen molar-refractivity contribution in [3.63, 3.8) is 0 Å². The van der Waals surface area contributed by atoms with E-state index in [0.29, 0.717) is 5.75 Å². The van der Waals surface area contributed by atoms with Crippen LogP contribution in [0.5, 0.6) is 0 Å². The lowest BCUT2D eigenvalue weighted by molar-refractivity contribution is -0.135. The first-order valence-corrected chi connectivity index (χ1v) is 25.2. The van der Waals surface area contributed by atoms with Crippen molar-refractivity contribution in [1.82, 2.24) is 58.5 Å². The standard InChI is InChI=1S/C44H82N20O11S/c1-22(2)19-31(40(74)62-30(13-10-16-54-44(49)50)39(73)64-32(20-55-26(6)65)41(75)59-23(3)34(68)51-17-18-76)63-36(70)25(5)58-33(67)21-56-37(71)28(11-8-14-52-42(45)46)61-38(72)29(12-9-15-53-43(47)48)60-35(69)24(4)57-27(7)66/h22-25,28-32,76H,8-21H2,1-7H3,(H,51,68)(H,55,65)(H,56,71)(H,57,66)(H,58,67)(H,59,75)(H,60,69)(H,61,72)(H,62,74)(H,63,70)(H,64,73)(H4,45,46,52)(H4,47,48,53)(H4,49,50,54)/t23-,24-,25-,28-,29-,30-,31-,32-/m0/s1. The topological polar surface area (TPSA) is 513 Å². The summed E-state index contributed by atoms with van der Waals surface area (Å²) in [5, 5.41) is 27.6. The first kappa shape index (κ1) is 68.3. The number of nitrogens with zero attached hydrogens (tertiary/aromatic N) is 3. The molecule has 23 N–H and O–H groups in total.